The minimum absolute atomic E-state index is 0.00205. The van der Waals surface area contributed by atoms with E-state index in [2.05, 4.69) is 31.2 Å². The summed E-state index contributed by atoms with van der Waals surface area (Å²) in [6.07, 6.45) is 7.23. The van der Waals surface area contributed by atoms with Crippen molar-refractivity contribution in [2.24, 2.45) is 5.92 Å². The van der Waals surface area contributed by atoms with Gasteiger partial charge in [0, 0.05) is 6.42 Å². The molecule has 1 aromatic carbocycles. The number of rotatable bonds is 3. The van der Waals surface area contributed by atoms with E-state index in [4.69, 9.17) is 0 Å². The minimum atomic E-state index is -2.59. The highest BCUT2D eigenvalue weighted by atomic mass is 19.3. The lowest BCUT2D eigenvalue weighted by Gasteiger charge is -2.21. The Kier molecular flexibility index (Phi) is 4.73. The summed E-state index contributed by atoms with van der Waals surface area (Å²) in [5, 5.41) is 0. The smallest absolute Gasteiger partial charge is 0.202 e. The second kappa shape index (κ2) is 6.31. The number of alkyl halides is 2. The van der Waals surface area contributed by atoms with Crippen molar-refractivity contribution in [3.05, 3.63) is 47.5 Å². The lowest BCUT2D eigenvalue weighted by atomic mass is 9.88. The predicted octanol–water partition coefficient (Wildman–Crippen LogP) is 5.31. The monoisotopic (exact) mass is 264 g/mol. The van der Waals surface area contributed by atoms with Crippen LogP contribution in [0.15, 0.2) is 36.4 Å². The van der Waals surface area contributed by atoms with Crippen molar-refractivity contribution in [2.45, 2.75) is 51.4 Å². The van der Waals surface area contributed by atoms with Crippen LogP contribution in [0.2, 0.25) is 0 Å². The van der Waals surface area contributed by atoms with Crippen molar-refractivity contribution in [2.75, 3.05) is 0 Å². The molecule has 1 aromatic rings. The Morgan fingerprint density at radius 2 is 1.89 bits per heavy atom. The van der Waals surface area contributed by atoms with E-state index in [0.29, 0.717) is 12.3 Å². The molecule has 19 heavy (non-hydrogen) atoms. The first-order chi connectivity index (χ1) is 9.05. The molecule has 0 nitrogen and oxygen atoms in total. The molecule has 0 fully saturated rings. The highest BCUT2D eigenvalue weighted by Gasteiger charge is 2.27. The molecular formula is C17H22F2. The summed E-state index contributed by atoms with van der Waals surface area (Å²) < 4.78 is 26.7. The SMILES string of the molecule is Cc1ccc(CCC2CC/C=C\C(F)(F)CC2)cc1. The normalized spacial score (nSPS) is 24.5. The molecule has 0 saturated heterocycles. The fourth-order valence-electron chi connectivity index (χ4n) is 2.63. The first-order valence-electron chi connectivity index (χ1n) is 7.16. The van der Waals surface area contributed by atoms with E-state index in [1.807, 2.05) is 0 Å². The topological polar surface area (TPSA) is 0 Å². The maximum absolute atomic E-state index is 13.3. The Hall–Kier alpha value is -1.18. The van der Waals surface area contributed by atoms with E-state index in [9.17, 15) is 8.78 Å². The number of allylic oxidation sites excluding steroid dienone is 2. The molecule has 0 amide bonds. The van der Waals surface area contributed by atoms with Gasteiger partial charge in [-0.05, 0) is 56.6 Å². The van der Waals surface area contributed by atoms with Gasteiger partial charge in [-0.2, -0.15) is 0 Å². The number of hydrogen-bond acceptors (Lipinski definition) is 0. The average Bonchev–Trinajstić information content (AvgIpc) is 2.36. The van der Waals surface area contributed by atoms with Crippen molar-refractivity contribution in [3.8, 4) is 0 Å². The lowest BCUT2D eigenvalue weighted by Crippen LogP contribution is -2.16. The van der Waals surface area contributed by atoms with Gasteiger partial charge in [0.15, 0.2) is 0 Å². The van der Waals surface area contributed by atoms with Gasteiger partial charge >= 0.3 is 0 Å². The van der Waals surface area contributed by atoms with E-state index < -0.39 is 5.92 Å². The zero-order valence-corrected chi connectivity index (χ0v) is 11.5. The zero-order chi connectivity index (χ0) is 13.7. The Morgan fingerprint density at radius 3 is 2.63 bits per heavy atom. The van der Waals surface area contributed by atoms with Crippen LogP contribution in [-0.4, -0.2) is 5.92 Å². The Balaban J connectivity index is 1.85. The Morgan fingerprint density at radius 1 is 1.16 bits per heavy atom. The molecule has 0 aromatic heterocycles. The molecule has 2 rings (SSSR count). The zero-order valence-electron chi connectivity index (χ0n) is 11.5. The first-order valence-corrected chi connectivity index (χ1v) is 7.16. The molecule has 0 bridgehead atoms. The Bertz CT molecular complexity index is 417. The fraction of sp³-hybridized carbons (Fsp3) is 0.529. The molecule has 2 heteroatoms. The van der Waals surface area contributed by atoms with Crippen LogP contribution in [0.4, 0.5) is 8.78 Å². The standard InChI is InChI=1S/C17H22F2/c1-14-5-7-16(8-6-14)10-9-15-4-2-3-12-17(18,19)13-11-15/h3,5-8,12,15H,2,4,9-11,13H2,1H3/b12-3-. The summed E-state index contributed by atoms with van der Waals surface area (Å²) in [6, 6.07) is 8.52. The molecule has 0 N–H and O–H groups in total. The molecule has 0 aliphatic heterocycles. The third kappa shape index (κ3) is 4.77. The molecule has 104 valence electrons. The van der Waals surface area contributed by atoms with Crippen LogP contribution in [0, 0.1) is 12.8 Å². The van der Waals surface area contributed by atoms with Gasteiger partial charge in [0.2, 0.25) is 0 Å². The second-order valence-electron chi connectivity index (χ2n) is 5.67. The highest BCUT2D eigenvalue weighted by Crippen LogP contribution is 2.31. The van der Waals surface area contributed by atoms with Crippen molar-refractivity contribution in [1.29, 1.82) is 0 Å². The quantitative estimate of drug-likeness (QED) is 0.649. The van der Waals surface area contributed by atoms with Crippen LogP contribution in [-0.2, 0) is 6.42 Å². The average molecular weight is 264 g/mol. The molecule has 1 atom stereocenters. The van der Waals surface area contributed by atoms with Crippen molar-refractivity contribution in [3.63, 3.8) is 0 Å². The third-order valence-corrected chi connectivity index (χ3v) is 3.95. The second-order valence-corrected chi connectivity index (χ2v) is 5.67. The lowest BCUT2D eigenvalue weighted by molar-refractivity contribution is 0.0355. The van der Waals surface area contributed by atoms with Crippen molar-refractivity contribution < 1.29 is 8.78 Å². The molecule has 0 heterocycles. The van der Waals surface area contributed by atoms with E-state index in [-0.39, 0.29) is 6.42 Å². The minimum Gasteiger partial charge on any atom is -0.202 e. The number of halogens is 2. The summed E-state index contributed by atoms with van der Waals surface area (Å²) >= 11 is 0. The summed E-state index contributed by atoms with van der Waals surface area (Å²) in [5.74, 6) is -2.17. The van der Waals surface area contributed by atoms with Crippen LogP contribution >= 0.6 is 0 Å². The molecule has 1 aliphatic rings. The van der Waals surface area contributed by atoms with E-state index in [1.54, 1.807) is 6.08 Å². The van der Waals surface area contributed by atoms with Gasteiger partial charge in [0.25, 0.3) is 5.92 Å². The van der Waals surface area contributed by atoms with Gasteiger partial charge in [-0.3, -0.25) is 0 Å². The molecular weight excluding hydrogens is 242 g/mol. The van der Waals surface area contributed by atoms with Crippen molar-refractivity contribution in [1.82, 2.24) is 0 Å². The van der Waals surface area contributed by atoms with Gasteiger partial charge in [-0.1, -0.05) is 35.9 Å². The fourth-order valence-corrected chi connectivity index (χ4v) is 2.63. The van der Waals surface area contributed by atoms with Gasteiger partial charge < -0.3 is 0 Å². The summed E-state index contributed by atoms with van der Waals surface area (Å²) in [7, 11) is 0. The van der Waals surface area contributed by atoms with E-state index >= 15 is 0 Å². The summed E-state index contributed by atoms with van der Waals surface area (Å²) in [5.41, 5.74) is 2.58. The highest BCUT2D eigenvalue weighted by molar-refractivity contribution is 5.21. The molecule has 1 aliphatic carbocycles. The van der Waals surface area contributed by atoms with E-state index in [0.717, 1.165) is 31.8 Å². The maximum Gasteiger partial charge on any atom is 0.266 e. The predicted molar refractivity (Wildman–Crippen MR) is 75.5 cm³/mol. The Labute approximate surface area is 114 Å². The van der Waals surface area contributed by atoms with Gasteiger partial charge in [0.05, 0.1) is 0 Å². The molecule has 0 radical (unpaired) electrons. The molecule has 0 saturated carbocycles. The summed E-state index contributed by atoms with van der Waals surface area (Å²) in [4.78, 5) is 0. The van der Waals surface area contributed by atoms with Crippen LogP contribution in [0.3, 0.4) is 0 Å². The number of aryl methyl sites for hydroxylation is 2. The van der Waals surface area contributed by atoms with Crippen LogP contribution in [0.25, 0.3) is 0 Å². The van der Waals surface area contributed by atoms with Crippen molar-refractivity contribution >= 4 is 0 Å². The van der Waals surface area contributed by atoms with Gasteiger partial charge in [0.1, 0.15) is 0 Å². The molecule has 0 spiro atoms. The van der Waals surface area contributed by atoms with Crippen LogP contribution in [0.1, 0.15) is 43.2 Å². The van der Waals surface area contributed by atoms with Crippen LogP contribution < -0.4 is 0 Å². The van der Waals surface area contributed by atoms with E-state index in [1.165, 1.54) is 11.1 Å². The third-order valence-electron chi connectivity index (χ3n) is 3.95. The van der Waals surface area contributed by atoms with Gasteiger partial charge in [-0.25, -0.2) is 8.78 Å². The largest absolute Gasteiger partial charge is 0.266 e. The maximum atomic E-state index is 13.3. The van der Waals surface area contributed by atoms with Gasteiger partial charge in [-0.15, -0.1) is 0 Å². The first kappa shape index (κ1) is 14.2. The number of benzene rings is 1. The molecule has 1 unspecified atom stereocenters. The number of hydrogen-bond donors (Lipinski definition) is 0. The van der Waals surface area contributed by atoms with Crippen LogP contribution in [0.5, 0.6) is 0 Å². The summed E-state index contributed by atoms with van der Waals surface area (Å²) in [6.45, 7) is 2.08.